The summed E-state index contributed by atoms with van der Waals surface area (Å²) in [6.45, 7) is 17.7. The minimum atomic E-state index is 0.826. The van der Waals surface area contributed by atoms with E-state index in [2.05, 4.69) is 48.5 Å². The molecule has 0 saturated carbocycles. The van der Waals surface area contributed by atoms with Crippen LogP contribution in [0, 0.1) is 11.8 Å². The first-order chi connectivity index (χ1) is 7.91. The average Bonchev–Trinajstić information content (AvgIpc) is 2.27. The maximum Gasteiger partial charge on any atom is -0.0537 e. The van der Waals surface area contributed by atoms with E-state index in [4.69, 9.17) is 0 Å². The van der Waals surface area contributed by atoms with Crippen molar-refractivity contribution in [3.05, 3.63) is 0 Å². The van der Waals surface area contributed by atoms with Crippen molar-refractivity contribution in [2.75, 3.05) is 0 Å². The van der Waals surface area contributed by atoms with Gasteiger partial charge in [0.15, 0.2) is 0 Å². The zero-order chi connectivity index (χ0) is 13.4. The van der Waals surface area contributed by atoms with E-state index in [1.54, 1.807) is 0 Å². The van der Waals surface area contributed by atoms with Crippen molar-refractivity contribution in [3.63, 3.8) is 0 Å². The molecule has 0 amide bonds. The van der Waals surface area contributed by atoms with Gasteiger partial charge < -0.3 is 0 Å². The van der Waals surface area contributed by atoms with Crippen LogP contribution in [0.15, 0.2) is 0 Å². The largest absolute Gasteiger partial charge is 0.208 e. The number of unbranched alkanes of at least 4 members (excludes halogenated alkanes) is 3. The van der Waals surface area contributed by atoms with E-state index in [1.165, 1.54) is 32.0 Å². The Labute approximate surface area is 111 Å². The quantitative estimate of drug-likeness (QED) is 0.333. The summed E-state index contributed by atoms with van der Waals surface area (Å²) in [5.41, 5.74) is 0. The minimum Gasteiger partial charge on any atom is -0.208 e. The molecule has 0 heterocycles. The Bertz CT molecular complexity index is 160. The van der Waals surface area contributed by atoms with Crippen LogP contribution in [0.4, 0.5) is 0 Å². The molecule has 0 bridgehead atoms. The van der Waals surface area contributed by atoms with E-state index in [-0.39, 0.29) is 0 Å². The molecular weight excluding hydrogens is 203 g/mol. The zero-order valence-corrected chi connectivity index (χ0v) is 13.4. The summed E-state index contributed by atoms with van der Waals surface area (Å²) in [5, 5.41) is 0. The Morgan fingerprint density at radius 1 is 0.706 bits per heavy atom. The predicted molar refractivity (Wildman–Crippen MR) is 83.2 cm³/mol. The van der Waals surface area contributed by atoms with Crippen molar-refractivity contribution in [2.24, 2.45) is 11.8 Å². The van der Waals surface area contributed by atoms with Crippen LogP contribution < -0.4 is 0 Å². The second-order valence-electron chi connectivity index (χ2n) is 6.72. The molecule has 0 fully saturated rings. The second kappa shape index (κ2) is 9.06. The molecule has 0 aromatic rings. The summed E-state index contributed by atoms with van der Waals surface area (Å²) in [7, 11) is 0. The standard InChI is InChI=1S/C16H35B/c1-8-9-10-11-12-17(15(6)13(2)3)16(7)14(4)5/h13-16H,8-12H2,1-7H3/q-1. The molecule has 0 N–H and O–H groups in total. The Morgan fingerprint density at radius 3 is 1.53 bits per heavy atom. The molecule has 103 valence electrons. The molecule has 17 heavy (non-hydrogen) atoms. The lowest BCUT2D eigenvalue weighted by Crippen LogP contribution is -2.29. The topological polar surface area (TPSA) is 0 Å². The van der Waals surface area contributed by atoms with E-state index in [9.17, 15) is 0 Å². The summed E-state index contributed by atoms with van der Waals surface area (Å²) < 4.78 is 0. The van der Waals surface area contributed by atoms with Gasteiger partial charge in [-0.3, -0.25) is 0 Å². The van der Waals surface area contributed by atoms with Gasteiger partial charge in [-0.1, -0.05) is 86.0 Å². The molecular formula is C16H35B-. The van der Waals surface area contributed by atoms with Gasteiger partial charge in [-0.15, -0.1) is 6.71 Å². The lowest BCUT2D eigenvalue weighted by molar-refractivity contribution is 0.554. The Morgan fingerprint density at radius 2 is 1.18 bits per heavy atom. The van der Waals surface area contributed by atoms with Gasteiger partial charge in [0.25, 0.3) is 0 Å². The Balaban J connectivity index is 4.30. The third-order valence-electron chi connectivity index (χ3n) is 4.84. The fourth-order valence-electron chi connectivity index (χ4n) is 2.80. The van der Waals surface area contributed by atoms with Crippen LogP contribution in [0.3, 0.4) is 0 Å². The van der Waals surface area contributed by atoms with Gasteiger partial charge >= 0.3 is 0 Å². The number of hydrogen-bond acceptors (Lipinski definition) is 0. The van der Waals surface area contributed by atoms with Gasteiger partial charge in [0.1, 0.15) is 0 Å². The highest BCUT2D eigenvalue weighted by Gasteiger charge is 2.17. The van der Waals surface area contributed by atoms with Gasteiger partial charge in [0.05, 0.1) is 0 Å². The van der Waals surface area contributed by atoms with Gasteiger partial charge in [0.2, 0.25) is 0 Å². The van der Waals surface area contributed by atoms with Crippen molar-refractivity contribution >= 4 is 6.71 Å². The van der Waals surface area contributed by atoms with Gasteiger partial charge in [-0.05, 0) is 0 Å². The molecule has 0 aromatic heterocycles. The number of rotatable bonds is 9. The smallest absolute Gasteiger partial charge is 0.0537 e. The fraction of sp³-hybridized carbons (Fsp3) is 1.00. The Hall–Kier alpha value is 0.0649. The average molecular weight is 238 g/mol. The summed E-state index contributed by atoms with van der Waals surface area (Å²) in [4.78, 5) is 0. The molecule has 2 unspecified atom stereocenters. The third-order valence-corrected chi connectivity index (χ3v) is 4.84. The summed E-state index contributed by atoms with van der Waals surface area (Å²) in [6.07, 6.45) is 7.08. The van der Waals surface area contributed by atoms with Crippen LogP contribution in [0.25, 0.3) is 0 Å². The van der Waals surface area contributed by atoms with Crippen LogP contribution in [0.1, 0.15) is 74.1 Å². The fourth-order valence-corrected chi connectivity index (χ4v) is 2.80. The van der Waals surface area contributed by atoms with E-state index in [1.807, 2.05) is 0 Å². The molecule has 0 aromatic carbocycles. The Kier molecular flexibility index (Phi) is 9.09. The first kappa shape index (κ1) is 17.1. The highest BCUT2D eigenvalue weighted by Crippen LogP contribution is 2.35. The molecule has 0 nitrogen and oxygen atoms in total. The molecule has 0 aliphatic rings. The molecule has 1 radical (unpaired) electrons. The molecule has 0 aliphatic heterocycles. The lowest BCUT2D eigenvalue weighted by Gasteiger charge is -2.44. The normalized spacial score (nSPS) is 15.9. The van der Waals surface area contributed by atoms with Crippen LogP contribution in [0.2, 0.25) is 18.0 Å². The van der Waals surface area contributed by atoms with Crippen LogP contribution in [-0.2, 0) is 0 Å². The zero-order valence-electron chi connectivity index (χ0n) is 13.4. The first-order valence-electron chi connectivity index (χ1n) is 7.91. The second-order valence-corrected chi connectivity index (χ2v) is 6.72. The molecule has 0 aliphatic carbocycles. The minimum absolute atomic E-state index is 0.826. The van der Waals surface area contributed by atoms with Gasteiger partial charge in [0, 0.05) is 0 Å². The van der Waals surface area contributed by atoms with Crippen molar-refractivity contribution in [1.82, 2.24) is 0 Å². The van der Waals surface area contributed by atoms with Crippen LogP contribution >= 0.6 is 0 Å². The van der Waals surface area contributed by atoms with Crippen molar-refractivity contribution in [2.45, 2.75) is 92.1 Å². The lowest BCUT2D eigenvalue weighted by atomic mass is 9.29. The molecule has 0 spiro atoms. The van der Waals surface area contributed by atoms with E-state index < -0.39 is 0 Å². The molecule has 0 rings (SSSR count). The molecule has 0 saturated heterocycles. The predicted octanol–water partition coefficient (Wildman–Crippen LogP) is 6.15. The van der Waals surface area contributed by atoms with Crippen LogP contribution in [0.5, 0.6) is 0 Å². The number of hydrogen-bond donors (Lipinski definition) is 0. The van der Waals surface area contributed by atoms with Crippen LogP contribution in [-0.4, -0.2) is 6.71 Å². The summed E-state index contributed by atoms with van der Waals surface area (Å²) in [5.74, 6) is 3.39. The van der Waals surface area contributed by atoms with E-state index >= 15 is 0 Å². The molecule has 1 heteroatoms. The summed E-state index contributed by atoms with van der Waals surface area (Å²) in [6, 6.07) is 0. The van der Waals surface area contributed by atoms with Crippen molar-refractivity contribution in [1.29, 1.82) is 0 Å². The molecule has 2 atom stereocenters. The van der Waals surface area contributed by atoms with E-state index in [0.29, 0.717) is 0 Å². The maximum absolute atomic E-state index is 2.47. The van der Waals surface area contributed by atoms with Gasteiger partial charge in [-0.2, -0.15) is 11.6 Å². The SMILES string of the molecule is CCCCCC[B-](C(C)C(C)C)C(C)C(C)C. The highest BCUT2D eigenvalue weighted by atomic mass is 14.1. The van der Waals surface area contributed by atoms with Crippen molar-refractivity contribution in [3.8, 4) is 0 Å². The third kappa shape index (κ3) is 6.53. The monoisotopic (exact) mass is 238 g/mol. The first-order valence-corrected chi connectivity index (χ1v) is 7.91. The van der Waals surface area contributed by atoms with Gasteiger partial charge in [-0.25, -0.2) is 6.32 Å². The van der Waals surface area contributed by atoms with E-state index in [0.717, 1.165) is 30.2 Å². The summed E-state index contributed by atoms with van der Waals surface area (Å²) >= 11 is 0. The maximum atomic E-state index is 2.47. The highest BCUT2D eigenvalue weighted by molar-refractivity contribution is 6.62. The van der Waals surface area contributed by atoms with Crippen molar-refractivity contribution < 1.29 is 0 Å².